The van der Waals surface area contributed by atoms with Crippen LogP contribution in [-0.4, -0.2) is 56.3 Å². The van der Waals surface area contributed by atoms with Crippen LogP contribution in [0.5, 0.6) is 0 Å². The van der Waals surface area contributed by atoms with Gasteiger partial charge >= 0.3 is 0 Å². The lowest BCUT2D eigenvalue weighted by Crippen LogP contribution is -2.50. The summed E-state index contributed by atoms with van der Waals surface area (Å²) in [5.74, 6) is -0.0517. The molecule has 0 radical (unpaired) electrons. The van der Waals surface area contributed by atoms with Gasteiger partial charge in [-0.25, -0.2) is 8.42 Å². The van der Waals surface area contributed by atoms with E-state index >= 15 is 0 Å². The van der Waals surface area contributed by atoms with Gasteiger partial charge in [0.2, 0.25) is 15.9 Å². The van der Waals surface area contributed by atoms with Crippen LogP contribution in [0.1, 0.15) is 11.1 Å². The minimum atomic E-state index is -3.45. The predicted molar refractivity (Wildman–Crippen MR) is 111 cm³/mol. The standard InChI is InChI=1S/C21H25N3O3S/c25-21(22-17-20-9-5-2-6-10-20)18-23-12-14-24(15-13-23)28(26,27)16-11-19-7-3-1-4-8-19/h1-11,16H,12-15,17-18H2,(H,22,25)/b16-11+. The van der Waals surface area contributed by atoms with Gasteiger partial charge in [-0.3, -0.25) is 9.69 Å². The molecule has 0 spiro atoms. The highest BCUT2D eigenvalue weighted by molar-refractivity contribution is 7.92. The Morgan fingerprint density at radius 1 is 0.929 bits per heavy atom. The molecule has 2 aromatic rings. The highest BCUT2D eigenvalue weighted by Gasteiger charge is 2.25. The molecule has 1 heterocycles. The van der Waals surface area contributed by atoms with E-state index in [2.05, 4.69) is 5.32 Å². The van der Waals surface area contributed by atoms with E-state index in [1.165, 1.54) is 9.71 Å². The highest BCUT2D eigenvalue weighted by Crippen LogP contribution is 2.11. The van der Waals surface area contributed by atoms with E-state index in [-0.39, 0.29) is 12.5 Å². The largest absolute Gasteiger partial charge is 0.351 e. The lowest BCUT2D eigenvalue weighted by atomic mass is 10.2. The van der Waals surface area contributed by atoms with Crippen molar-refractivity contribution in [3.05, 3.63) is 77.2 Å². The van der Waals surface area contributed by atoms with Crippen LogP contribution in [0.25, 0.3) is 6.08 Å². The van der Waals surface area contributed by atoms with Crippen molar-refractivity contribution >= 4 is 22.0 Å². The third-order valence-electron chi connectivity index (χ3n) is 4.62. The Labute approximate surface area is 166 Å². The smallest absolute Gasteiger partial charge is 0.236 e. The number of hydrogen-bond donors (Lipinski definition) is 1. The maximum atomic E-state index is 12.5. The molecule has 0 saturated carbocycles. The van der Waals surface area contributed by atoms with Gasteiger partial charge in [-0.1, -0.05) is 60.7 Å². The molecule has 2 aromatic carbocycles. The minimum Gasteiger partial charge on any atom is -0.351 e. The Balaban J connectivity index is 1.44. The molecule has 0 atom stereocenters. The molecule has 1 saturated heterocycles. The van der Waals surface area contributed by atoms with E-state index in [9.17, 15) is 13.2 Å². The molecule has 0 unspecified atom stereocenters. The normalized spacial score (nSPS) is 16.3. The minimum absolute atomic E-state index is 0.0517. The third kappa shape index (κ3) is 6.02. The van der Waals surface area contributed by atoms with Crippen LogP contribution in [0.15, 0.2) is 66.1 Å². The number of hydrogen-bond acceptors (Lipinski definition) is 4. The Bertz CT molecular complexity index is 891. The molecule has 7 heteroatoms. The van der Waals surface area contributed by atoms with Gasteiger partial charge in [0.05, 0.1) is 6.54 Å². The molecule has 1 amide bonds. The van der Waals surface area contributed by atoms with Crippen LogP contribution in [0.2, 0.25) is 0 Å². The van der Waals surface area contributed by atoms with E-state index in [0.717, 1.165) is 11.1 Å². The average molecular weight is 400 g/mol. The number of carbonyl (C=O) groups excluding carboxylic acids is 1. The van der Waals surface area contributed by atoms with Gasteiger partial charge in [0.1, 0.15) is 0 Å². The van der Waals surface area contributed by atoms with Crippen molar-refractivity contribution in [3.8, 4) is 0 Å². The highest BCUT2D eigenvalue weighted by atomic mass is 32.2. The van der Waals surface area contributed by atoms with Gasteiger partial charge in [0.25, 0.3) is 0 Å². The number of amides is 1. The predicted octanol–water partition coefficient (Wildman–Crippen LogP) is 1.92. The first-order chi connectivity index (χ1) is 13.5. The lowest BCUT2D eigenvalue weighted by molar-refractivity contribution is -0.122. The van der Waals surface area contributed by atoms with Crippen LogP contribution in [0.4, 0.5) is 0 Å². The fourth-order valence-corrected chi connectivity index (χ4v) is 4.19. The number of benzene rings is 2. The molecule has 0 bridgehead atoms. The number of piperazine rings is 1. The van der Waals surface area contributed by atoms with Gasteiger partial charge in [-0.15, -0.1) is 0 Å². The summed E-state index contributed by atoms with van der Waals surface area (Å²) in [6.07, 6.45) is 1.61. The van der Waals surface area contributed by atoms with E-state index < -0.39 is 10.0 Å². The Morgan fingerprint density at radius 2 is 1.54 bits per heavy atom. The average Bonchev–Trinajstić information content (AvgIpc) is 2.73. The monoisotopic (exact) mass is 399 g/mol. The van der Waals surface area contributed by atoms with E-state index in [1.54, 1.807) is 6.08 Å². The molecular weight excluding hydrogens is 374 g/mol. The van der Waals surface area contributed by atoms with Crippen molar-refractivity contribution in [1.82, 2.24) is 14.5 Å². The van der Waals surface area contributed by atoms with Gasteiger partial charge in [-0.05, 0) is 17.2 Å². The number of sulfonamides is 1. The number of nitrogens with one attached hydrogen (secondary N) is 1. The van der Waals surface area contributed by atoms with Crippen molar-refractivity contribution in [1.29, 1.82) is 0 Å². The van der Waals surface area contributed by atoms with Gasteiger partial charge < -0.3 is 5.32 Å². The van der Waals surface area contributed by atoms with Crippen LogP contribution in [0.3, 0.4) is 0 Å². The third-order valence-corrected chi connectivity index (χ3v) is 6.19. The van der Waals surface area contributed by atoms with Crippen LogP contribution in [0, 0.1) is 0 Å². The van der Waals surface area contributed by atoms with Crippen molar-refractivity contribution < 1.29 is 13.2 Å². The molecule has 3 rings (SSSR count). The van der Waals surface area contributed by atoms with E-state index in [4.69, 9.17) is 0 Å². The summed E-state index contributed by atoms with van der Waals surface area (Å²) in [6, 6.07) is 19.1. The molecule has 28 heavy (non-hydrogen) atoms. The molecule has 1 N–H and O–H groups in total. The molecule has 1 aliphatic rings. The molecular formula is C21H25N3O3S. The summed E-state index contributed by atoms with van der Waals surface area (Å²) in [7, 11) is -3.45. The van der Waals surface area contributed by atoms with Gasteiger partial charge in [0.15, 0.2) is 0 Å². The summed E-state index contributed by atoms with van der Waals surface area (Å²) in [5.41, 5.74) is 1.90. The first-order valence-electron chi connectivity index (χ1n) is 9.29. The zero-order valence-electron chi connectivity index (χ0n) is 15.7. The summed E-state index contributed by atoms with van der Waals surface area (Å²) in [5, 5.41) is 4.16. The second-order valence-electron chi connectivity index (χ2n) is 6.70. The summed E-state index contributed by atoms with van der Waals surface area (Å²) >= 11 is 0. The SMILES string of the molecule is O=C(CN1CCN(S(=O)(=O)/C=C/c2ccccc2)CC1)NCc1ccccc1. The zero-order valence-corrected chi connectivity index (χ0v) is 16.5. The zero-order chi connectivity index (χ0) is 19.8. The first kappa shape index (κ1) is 20.3. The fraction of sp³-hybridized carbons (Fsp3) is 0.286. The summed E-state index contributed by atoms with van der Waals surface area (Å²) < 4.78 is 26.4. The second kappa shape index (κ2) is 9.64. The molecule has 1 aliphatic heterocycles. The Kier molecular flexibility index (Phi) is 6.97. The summed E-state index contributed by atoms with van der Waals surface area (Å²) in [4.78, 5) is 14.1. The molecule has 6 nitrogen and oxygen atoms in total. The van der Waals surface area contributed by atoms with Crippen molar-refractivity contribution in [2.24, 2.45) is 0 Å². The fourth-order valence-electron chi connectivity index (χ4n) is 3.01. The Morgan fingerprint density at radius 3 is 2.18 bits per heavy atom. The maximum Gasteiger partial charge on any atom is 0.236 e. The molecule has 148 valence electrons. The van der Waals surface area contributed by atoms with Crippen LogP contribution in [-0.2, 0) is 21.4 Å². The maximum absolute atomic E-state index is 12.5. The van der Waals surface area contributed by atoms with E-state index in [0.29, 0.717) is 32.7 Å². The van der Waals surface area contributed by atoms with Gasteiger partial charge in [0, 0.05) is 38.1 Å². The van der Waals surface area contributed by atoms with Crippen LogP contribution >= 0.6 is 0 Å². The van der Waals surface area contributed by atoms with Crippen molar-refractivity contribution in [2.75, 3.05) is 32.7 Å². The Hall–Kier alpha value is -2.48. The number of rotatable bonds is 7. The topological polar surface area (TPSA) is 69.7 Å². The van der Waals surface area contributed by atoms with Crippen LogP contribution < -0.4 is 5.32 Å². The first-order valence-corrected chi connectivity index (χ1v) is 10.8. The summed E-state index contributed by atoms with van der Waals surface area (Å²) in [6.45, 7) is 2.62. The molecule has 0 aromatic heterocycles. The van der Waals surface area contributed by atoms with Crippen molar-refractivity contribution in [3.63, 3.8) is 0 Å². The number of nitrogens with zero attached hydrogens (tertiary/aromatic N) is 2. The molecule has 0 aliphatic carbocycles. The van der Waals surface area contributed by atoms with E-state index in [1.807, 2.05) is 65.6 Å². The quantitative estimate of drug-likeness (QED) is 0.772. The molecule has 1 fully saturated rings. The second-order valence-corrected chi connectivity index (χ2v) is 8.51. The lowest BCUT2D eigenvalue weighted by Gasteiger charge is -2.32. The number of carbonyl (C=O) groups is 1. The van der Waals surface area contributed by atoms with Crippen molar-refractivity contribution in [2.45, 2.75) is 6.54 Å². The van der Waals surface area contributed by atoms with Gasteiger partial charge in [-0.2, -0.15) is 4.31 Å².